The number of para-hydroxylation sites is 1. The normalized spacial score (nSPS) is 24.0. The first-order chi connectivity index (χ1) is 9.28. The highest BCUT2D eigenvalue weighted by Gasteiger charge is 2.34. The standard InChI is InChI=1S/C16H21ClN2/c1-12(8-17)10-19-11-15(13-6-7-13)18-9-14-4-2-3-5-16(14)19/h2-5,8,13,15,18H,6-7,9-11H2,1H3/b12-8-. The third-order valence-electron chi connectivity index (χ3n) is 4.12. The number of anilines is 1. The fourth-order valence-corrected chi connectivity index (χ4v) is 2.98. The molecule has 3 rings (SSSR count). The van der Waals surface area contributed by atoms with Crippen LogP contribution in [0, 0.1) is 5.92 Å². The average molecular weight is 277 g/mol. The molecule has 1 aromatic rings. The maximum absolute atomic E-state index is 5.85. The summed E-state index contributed by atoms with van der Waals surface area (Å²) in [6.07, 6.45) is 2.76. The Morgan fingerprint density at radius 2 is 2.21 bits per heavy atom. The molecule has 1 unspecified atom stereocenters. The van der Waals surface area contributed by atoms with E-state index < -0.39 is 0 Å². The van der Waals surface area contributed by atoms with Crippen molar-refractivity contribution in [3.63, 3.8) is 0 Å². The molecule has 1 saturated carbocycles. The van der Waals surface area contributed by atoms with Gasteiger partial charge in [-0.15, -0.1) is 0 Å². The molecule has 1 aliphatic carbocycles. The van der Waals surface area contributed by atoms with Crippen molar-refractivity contribution in [2.24, 2.45) is 5.92 Å². The predicted molar refractivity (Wildman–Crippen MR) is 81.6 cm³/mol. The van der Waals surface area contributed by atoms with E-state index in [9.17, 15) is 0 Å². The lowest BCUT2D eigenvalue weighted by Crippen LogP contribution is -2.40. The van der Waals surface area contributed by atoms with Crippen LogP contribution in [0.25, 0.3) is 0 Å². The number of nitrogens with zero attached hydrogens (tertiary/aromatic N) is 1. The Bertz CT molecular complexity index is 479. The molecule has 2 nitrogen and oxygen atoms in total. The monoisotopic (exact) mass is 276 g/mol. The summed E-state index contributed by atoms with van der Waals surface area (Å²) in [5, 5.41) is 3.73. The highest BCUT2D eigenvalue weighted by atomic mass is 35.5. The zero-order chi connectivity index (χ0) is 13.2. The Morgan fingerprint density at radius 3 is 2.95 bits per heavy atom. The summed E-state index contributed by atoms with van der Waals surface area (Å²) in [6.45, 7) is 5.09. The number of halogens is 1. The first-order valence-corrected chi connectivity index (χ1v) is 7.53. The first kappa shape index (κ1) is 13.0. The maximum Gasteiger partial charge on any atom is 0.0415 e. The molecule has 1 heterocycles. The van der Waals surface area contributed by atoms with E-state index in [-0.39, 0.29) is 0 Å². The van der Waals surface area contributed by atoms with Crippen LogP contribution in [0.2, 0.25) is 0 Å². The van der Waals surface area contributed by atoms with E-state index in [2.05, 4.69) is 41.4 Å². The molecular weight excluding hydrogens is 256 g/mol. The van der Waals surface area contributed by atoms with Crippen LogP contribution in [0.15, 0.2) is 35.4 Å². The van der Waals surface area contributed by atoms with E-state index in [1.54, 1.807) is 5.54 Å². The van der Waals surface area contributed by atoms with E-state index in [0.717, 1.165) is 25.6 Å². The van der Waals surface area contributed by atoms with Crippen molar-refractivity contribution < 1.29 is 0 Å². The summed E-state index contributed by atoms with van der Waals surface area (Å²) in [5.41, 5.74) is 5.67. The number of benzene rings is 1. The zero-order valence-electron chi connectivity index (χ0n) is 11.4. The Morgan fingerprint density at radius 1 is 1.42 bits per heavy atom. The average Bonchev–Trinajstić information content (AvgIpc) is 3.26. The summed E-state index contributed by atoms with van der Waals surface area (Å²) in [7, 11) is 0. The van der Waals surface area contributed by atoms with Gasteiger partial charge in [-0.1, -0.05) is 29.8 Å². The molecule has 1 aliphatic heterocycles. The molecule has 0 radical (unpaired) electrons. The van der Waals surface area contributed by atoms with Crippen molar-refractivity contribution in [2.45, 2.75) is 32.4 Å². The molecule has 1 atom stereocenters. The first-order valence-electron chi connectivity index (χ1n) is 7.10. The SMILES string of the molecule is C/C(=C/Cl)CN1CC(C2CC2)NCc2ccccc21. The zero-order valence-corrected chi connectivity index (χ0v) is 12.2. The molecule has 0 bridgehead atoms. The van der Waals surface area contributed by atoms with Gasteiger partial charge in [0.2, 0.25) is 0 Å². The van der Waals surface area contributed by atoms with Gasteiger partial charge in [0, 0.05) is 36.9 Å². The molecule has 3 heteroatoms. The van der Waals surface area contributed by atoms with Gasteiger partial charge in [-0.2, -0.15) is 0 Å². The van der Waals surface area contributed by atoms with Crippen molar-refractivity contribution >= 4 is 17.3 Å². The summed E-state index contributed by atoms with van der Waals surface area (Å²) >= 11 is 5.85. The van der Waals surface area contributed by atoms with Gasteiger partial charge in [0.15, 0.2) is 0 Å². The molecule has 0 aromatic heterocycles. The predicted octanol–water partition coefficient (Wildman–Crippen LogP) is 3.52. The van der Waals surface area contributed by atoms with Gasteiger partial charge in [-0.3, -0.25) is 0 Å². The lowest BCUT2D eigenvalue weighted by molar-refractivity contribution is 0.470. The van der Waals surface area contributed by atoms with Crippen LogP contribution < -0.4 is 10.2 Å². The fraction of sp³-hybridized carbons (Fsp3) is 0.500. The van der Waals surface area contributed by atoms with Crippen LogP contribution in [-0.4, -0.2) is 19.1 Å². The van der Waals surface area contributed by atoms with Crippen molar-refractivity contribution in [1.29, 1.82) is 0 Å². The summed E-state index contributed by atoms with van der Waals surface area (Å²) in [4.78, 5) is 2.48. The number of hydrogen-bond donors (Lipinski definition) is 1. The molecule has 0 spiro atoms. The van der Waals surface area contributed by atoms with Crippen LogP contribution in [-0.2, 0) is 6.54 Å². The number of fused-ring (bicyclic) bond motifs is 1. The molecule has 1 aromatic carbocycles. The van der Waals surface area contributed by atoms with Gasteiger partial charge in [0.25, 0.3) is 0 Å². The van der Waals surface area contributed by atoms with E-state index >= 15 is 0 Å². The van der Waals surface area contributed by atoms with Crippen molar-refractivity contribution in [3.05, 3.63) is 40.9 Å². The molecule has 2 aliphatic rings. The van der Waals surface area contributed by atoms with Crippen molar-refractivity contribution in [1.82, 2.24) is 5.32 Å². The van der Waals surface area contributed by atoms with Crippen LogP contribution in [0.5, 0.6) is 0 Å². The number of nitrogens with one attached hydrogen (secondary N) is 1. The Kier molecular flexibility index (Phi) is 3.81. The van der Waals surface area contributed by atoms with Crippen LogP contribution >= 0.6 is 11.6 Å². The Balaban J connectivity index is 1.87. The minimum Gasteiger partial charge on any atom is -0.366 e. The molecule has 0 saturated heterocycles. The fourth-order valence-electron chi connectivity index (χ4n) is 2.91. The second kappa shape index (κ2) is 5.56. The van der Waals surface area contributed by atoms with Crippen LogP contribution in [0.4, 0.5) is 5.69 Å². The van der Waals surface area contributed by atoms with E-state index in [4.69, 9.17) is 11.6 Å². The number of rotatable bonds is 3. The third-order valence-corrected chi connectivity index (χ3v) is 4.49. The Labute approximate surface area is 120 Å². The molecule has 0 amide bonds. The van der Waals surface area contributed by atoms with Gasteiger partial charge < -0.3 is 10.2 Å². The van der Waals surface area contributed by atoms with Gasteiger partial charge in [-0.05, 0) is 42.9 Å². The summed E-state index contributed by atoms with van der Waals surface area (Å²) in [6, 6.07) is 9.33. The van der Waals surface area contributed by atoms with Crippen LogP contribution in [0.3, 0.4) is 0 Å². The lowest BCUT2D eigenvalue weighted by Gasteiger charge is -2.28. The Hall–Kier alpha value is -0.990. The van der Waals surface area contributed by atoms with Crippen molar-refractivity contribution in [3.8, 4) is 0 Å². The minimum absolute atomic E-state index is 0.621. The highest BCUT2D eigenvalue weighted by Crippen LogP contribution is 2.35. The van der Waals surface area contributed by atoms with E-state index in [0.29, 0.717) is 6.04 Å². The second-order valence-corrected chi connectivity index (χ2v) is 6.01. The van der Waals surface area contributed by atoms with E-state index in [1.165, 1.54) is 29.7 Å². The second-order valence-electron chi connectivity index (χ2n) is 5.79. The minimum atomic E-state index is 0.621. The lowest BCUT2D eigenvalue weighted by atomic mass is 10.1. The van der Waals surface area contributed by atoms with Gasteiger partial charge in [-0.25, -0.2) is 0 Å². The topological polar surface area (TPSA) is 15.3 Å². The maximum atomic E-state index is 5.85. The molecule has 102 valence electrons. The summed E-state index contributed by atoms with van der Waals surface area (Å²) in [5.74, 6) is 0.872. The largest absolute Gasteiger partial charge is 0.366 e. The quantitative estimate of drug-likeness (QED) is 0.909. The third kappa shape index (κ3) is 2.96. The van der Waals surface area contributed by atoms with Gasteiger partial charge in [0.1, 0.15) is 0 Å². The molecule has 19 heavy (non-hydrogen) atoms. The van der Waals surface area contributed by atoms with Crippen LogP contribution in [0.1, 0.15) is 25.3 Å². The van der Waals surface area contributed by atoms with Gasteiger partial charge >= 0.3 is 0 Å². The van der Waals surface area contributed by atoms with Crippen molar-refractivity contribution in [2.75, 3.05) is 18.0 Å². The smallest absolute Gasteiger partial charge is 0.0415 e. The van der Waals surface area contributed by atoms with E-state index in [1.807, 2.05) is 0 Å². The summed E-state index contributed by atoms with van der Waals surface area (Å²) < 4.78 is 0. The highest BCUT2D eigenvalue weighted by molar-refractivity contribution is 6.25. The molecule has 1 fully saturated rings. The van der Waals surface area contributed by atoms with Gasteiger partial charge in [0.05, 0.1) is 0 Å². The molecular formula is C16H21ClN2. The molecule has 1 N–H and O–H groups in total. The number of hydrogen-bond acceptors (Lipinski definition) is 2.